The lowest BCUT2D eigenvalue weighted by Gasteiger charge is -2.42. The highest BCUT2D eigenvalue weighted by Gasteiger charge is 2.44. The van der Waals surface area contributed by atoms with E-state index >= 15 is 0 Å². The topological polar surface area (TPSA) is 11.4 Å². The van der Waals surface area contributed by atoms with Crippen LogP contribution in [-0.2, 0) is 10.8 Å². The molecule has 2 aliphatic rings. The van der Waals surface area contributed by atoms with Gasteiger partial charge in [-0.2, -0.15) is 0 Å². The van der Waals surface area contributed by atoms with Crippen LogP contribution in [-0.4, -0.2) is 4.57 Å². The zero-order valence-corrected chi connectivity index (χ0v) is 49.0. The van der Waals surface area contributed by atoms with E-state index in [-0.39, 0.29) is 10.8 Å². The number of benzene rings is 15. The first-order valence-corrected chi connectivity index (χ1v) is 30.6. The number of hydrogen-bond acceptors (Lipinski definition) is 2. The summed E-state index contributed by atoms with van der Waals surface area (Å²) in [7, 11) is 0. The largest absolute Gasteiger partial charge is 0.309 e. The molecule has 0 radical (unpaired) electrons. The summed E-state index contributed by atoms with van der Waals surface area (Å²) >= 11 is 0. The zero-order valence-electron chi connectivity index (χ0n) is 49.0. The Balaban J connectivity index is 0.788. The summed E-state index contributed by atoms with van der Waals surface area (Å²) < 4.78 is 2.66. The Kier molecular flexibility index (Phi) is 10.5. The first-order valence-electron chi connectivity index (χ1n) is 30.6. The van der Waals surface area contributed by atoms with E-state index in [9.17, 15) is 0 Å². The van der Waals surface area contributed by atoms with E-state index in [1.165, 1.54) is 137 Å². The van der Waals surface area contributed by atoms with Crippen molar-refractivity contribution in [2.24, 2.45) is 0 Å². The molecule has 0 fully saturated rings. The Labute approximate surface area is 505 Å². The summed E-state index contributed by atoms with van der Waals surface area (Å²) in [5.41, 5.74) is 20.8. The first-order chi connectivity index (χ1) is 42.6. The van der Waals surface area contributed by atoms with Crippen molar-refractivity contribution in [3.63, 3.8) is 0 Å². The van der Waals surface area contributed by atoms with Crippen LogP contribution in [0.4, 0.5) is 34.1 Å². The maximum absolute atomic E-state index is 2.66. The maximum Gasteiger partial charge on any atom is 0.0582 e. The van der Waals surface area contributed by atoms with Crippen molar-refractivity contribution >= 4 is 121 Å². The zero-order chi connectivity index (χ0) is 57.9. The van der Waals surface area contributed by atoms with Gasteiger partial charge in [-0.1, -0.05) is 228 Å². The van der Waals surface area contributed by atoms with Crippen LogP contribution in [0.15, 0.2) is 285 Å². The smallest absolute Gasteiger partial charge is 0.0582 e. The molecule has 15 aromatic carbocycles. The Morgan fingerprint density at radius 3 is 0.943 bits per heavy atom. The van der Waals surface area contributed by atoms with Gasteiger partial charge in [-0.25, -0.2) is 0 Å². The number of para-hydroxylation sites is 1. The van der Waals surface area contributed by atoms with Gasteiger partial charge in [-0.3, -0.25) is 0 Å². The normalized spacial score (nSPS) is 13.7. The fourth-order valence-corrected chi connectivity index (χ4v) is 15.4. The maximum atomic E-state index is 2.66. The summed E-state index contributed by atoms with van der Waals surface area (Å²) in [5, 5.41) is 17.2. The third-order valence-electron chi connectivity index (χ3n) is 19.8. The van der Waals surface area contributed by atoms with Gasteiger partial charge in [0.2, 0.25) is 0 Å². The van der Waals surface area contributed by atoms with Crippen molar-refractivity contribution in [1.29, 1.82) is 0 Å². The molecule has 2 aliphatic heterocycles. The molecule has 0 amide bonds. The minimum Gasteiger partial charge on any atom is -0.309 e. The van der Waals surface area contributed by atoms with Gasteiger partial charge in [0.25, 0.3) is 0 Å². The highest BCUT2D eigenvalue weighted by molar-refractivity contribution is 6.17. The third kappa shape index (κ3) is 7.30. The molecule has 410 valence electrons. The molecule has 87 heavy (non-hydrogen) atoms. The van der Waals surface area contributed by atoms with Gasteiger partial charge in [0.15, 0.2) is 0 Å². The van der Waals surface area contributed by atoms with Crippen LogP contribution >= 0.6 is 0 Å². The molecule has 0 saturated heterocycles. The third-order valence-corrected chi connectivity index (χ3v) is 19.8. The highest BCUT2D eigenvalue weighted by Crippen LogP contribution is 2.57. The Bertz CT molecular complexity index is 5100. The second-order valence-electron chi connectivity index (χ2n) is 25.3. The monoisotopic (exact) mass is 1110 g/mol. The van der Waals surface area contributed by atoms with Gasteiger partial charge in [0.1, 0.15) is 0 Å². The van der Waals surface area contributed by atoms with Crippen LogP contribution < -0.4 is 9.80 Å². The van der Waals surface area contributed by atoms with E-state index in [2.05, 4.69) is 327 Å². The number of fused-ring (bicyclic) bond motifs is 7. The number of aromatic nitrogens is 1. The number of rotatable bonds is 8. The molecule has 0 bridgehead atoms. The molecule has 0 N–H and O–H groups in total. The Hall–Kier alpha value is -10.7. The van der Waals surface area contributed by atoms with Crippen LogP contribution in [0.2, 0.25) is 0 Å². The molecule has 3 heteroatoms. The molecule has 0 spiro atoms. The summed E-state index contributed by atoms with van der Waals surface area (Å²) in [6.45, 7) is 9.78. The average molecular weight is 1110 g/mol. The van der Waals surface area contributed by atoms with Gasteiger partial charge >= 0.3 is 0 Å². The second kappa shape index (κ2) is 18.4. The fourth-order valence-electron chi connectivity index (χ4n) is 15.4. The first kappa shape index (κ1) is 49.7. The predicted molar refractivity (Wildman–Crippen MR) is 370 cm³/mol. The quantitative estimate of drug-likeness (QED) is 0.150. The summed E-state index contributed by atoms with van der Waals surface area (Å²) in [5.74, 6) is 0. The minimum absolute atomic E-state index is 0.257. The predicted octanol–water partition coefficient (Wildman–Crippen LogP) is 23.3. The molecular formula is C84H59N3. The van der Waals surface area contributed by atoms with Gasteiger partial charge in [-0.05, 0) is 173 Å². The van der Waals surface area contributed by atoms with Crippen LogP contribution in [0.1, 0.15) is 49.9 Å². The van der Waals surface area contributed by atoms with Crippen LogP contribution in [0.5, 0.6) is 0 Å². The van der Waals surface area contributed by atoms with E-state index in [4.69, 9.17) is 0 Å². The minimum atomic E-state index is -0.257. The molecular weight excluding hydrogens is 1050 g/mol. The van der Waals surface area contributed by atoms with Crippen molar-refractivity contribution in [2.75, 3.05) is 9.80 Å². The Morgan fingerprint density at radius 2 is 0.563 bits per heavy atom. The molecule has 16 aromatic rings. The SMILES string of the molecule is CC1(C)c2cccc3c2-n2c4c1cc(-c1ccc5cc(N(c6cccc7ccccc67)c6cccc7ccccc67)ccc5c1)cc4c1cc(-c4ccc5cc(N(c6cccc7ccccc67)c6cccc7ccccc67)ccc5c4)cc(c12)C3(C)C. The lowest BCUT2D eigenvalue weighted by Crippen LogP contribution is -2.33. The van der Waals surface area contributed by atoms with Crippen LogP contribution in [0.25, 0.3) is 114 Å². The molecule has 3 nitrogen and oxygen atoms in total. The molecule has 0 saturated carbocycles. The van der Waals surface area contributed by atoms with Crippen molar-refractivity contribution in [2.45, 2.75) is 38.5 Å². The fraction of sp³-hybridized carbons (Fsp3) is 0.0714. The van der Waals surface area contributed by atoms with Gasteiger partial charge in [-0.15, -0.1) is 0 Å². The number of nitrogens with zero attached hydrogens (tertiary/aromatic N) is 3. The lowest BCUT2D eigenvalue weighted by molar-refractivity contribution is 0.594. The summed E-state index contributed by atoms with van der Waals surface area (Å²) in [6, 6.07) is 107. The molecule has 0 aliphatic carbocycles. The van der Waals surface area contributed by atoms with Crippen LogP contribution in [0.3, 0.4) is 0 Å². The highest BCUT2D eigenvalue weighted by atomic mass is 15.2. The summed E-state index contributed by atoms with van der Waals surface area (Å²) in [4.78, 5) is 4.91. The number of anilines is 6. The summed E-state index contributed by atoms with van der Waals surface area (Å²) in [6.07, 6.45) is 0. The van der Waals surface area contributed by atoms with E-state index in [1.54, 1.807) is 0 Å². The van der Waals surface area contributed by atoms with Crippen molar-refractivity contribution in [1.82, 2.24) is 4.57 Å². The lowest BCUT2D eigenvalue weighted by atomic mass is 9.68. The molecule has 18 rings (SSSR count). The van der Waals surface area contributed by atoms with E-state index in [0.717, 1.165) is 34.1 Å². The van der Waals surface area contributed by atoms with Gasteiger partial charge in [0.05, 0.1) is 39.5 Å². The second-order valence-corrected chi connectivity index (χ2v) is 25.3. The van der Waals surface area contributed by atoms with Gasteiger partial charge < -0.3 is 14.4 Å². The number of hydrogen-bond donors (Lipinski definition) is 0. The standard InChI is InChI=1S/C84H59N3/c1-83(2)72-30-17-31-73-82(72)87-80-70(48-62(50-74(80)83)58-36-38-60-46-64(42-40-56(60)44-58)85(76-32-13-22-52-18-5-9-26-66(52)76)77-33-14-23-53-19-6-10-27-67(53)77)71-49-63(51-75(81(71)87)84(73,3)4)59-37-39-61-47-65(43-41-57(61)45-59)86(78-34-15-24-54-20-7-11-28-68(54)78)79-35-16-25-55-21-8-12-29-69(55)79/h5-51H,1-4H3. The molecule has 3 heterocycles. The van der Waals surface area contributed by atoms with E-state index < -0.39 is 0 Å². The van der Waals surface area contributed by atoms with Crippen molar-refractivity contribution in [3.05, 3.63) is 307 Å². The van der Waals surface area contributed by atoms with Crippen molar-refractivity contribution < 1.29 is 0 Å². The molecule has 1 aromatic heterocycles. The van der Waals surface area contributed by atoms with Crippen LogP contribution in [0, 0.1) is 0 Å². The Morgan fingerprint density at radius 1 is 0.241 bits per heavy atom. The van der Waals surface area contributed by atoms with Crippen molar-refractivity contribution in [3.8, 4) is 27.9 Å². The average Bonchev–Trinajstić information content (AvgIpc) is 1.56. The van der Waals surface area contributed by atoms with E-state index in [0.29, 0.717) is 0 Å². The van der Waals surface area contributed by atoms with Gasteiger partial charge in [0, 0.05) is 54.5 Å². The van der Waals surface area contributed by atoms with E-state index in [1.807, 2.05) is 0 Å². The molecule has 0 atom stereocenters. The molecule has 0 unspecified atom stereocenters.